The molecule has 0 saturated carbocycles. The van der Waals surface area contributed by atoms with Crippen LogP contribution < -0.4 is 0 Å². The summed E-state index contributed by atoms with van der Waals surface area (Å²) in [6, 6.07) is 47.9. The van der Waals surface area contributed by atoms with E-state index in [2.05, 4.69) is 162 Å². The molecule has 0 N–H and O–H groups in total. The summed E-state index contributed by atoms with van der Waals surface area (Å²) in [4.78, 5) is 0. The normalized spacial score (nSPS) is 13.9. The molecule has 0 heteroatoms. The molecule has 0 unspecified atom stereocenters. The highest BCUT2D eigenvalue weighted by Gasteiger charge is 2.33. The van der Waals surface area contributed by atoms with Crippen molar-refractivity contribution in [3.05, 3.63) is 144 Å². The van der Waals surface area contributed by atoms with Gasteiger partial charge >= 0.3 is 0 Å². The monoisotopic (exact) mass is 552 g/mol. The Labute approximate surface area is 254 Å². The zero-order valence-electron chi connectivity index (χ0n) is 25.6. The molecule has 0 saturated heterocycles. The second kappa shape index (κ2) is 9.16. The van der Waals surface area contributed by atoms with Crippen LogP contribution in [0.1, 0.15) is 51.3 Å². The van der Waals surface area contributed by atoms with Crippen molar-refractivity contribution in [2.75, 3.05) is 0 Å². The predicted octanol–water partition coefficient (Wildman–Crippen LogP) is 12.1. The molecule has 8 rings (SSSR count). The fraction of sp³-hybridized carbons (Fsp3) is 0.163. The number of hydrogen-bond acceptors (Lipinski definition) is 0. The smallest absolute Gasteiger partial charge is 0.0159 e. The van der Waals surface area contributed by atoms with Gasteiger partial charge in [-0.05, 0) is 87.8 Å². The van der Waals surface area contributed by atoms with Crippen LogP contribution in [-0.2, 0) is 10.8 Å². The van der Waals surface area contributed by atoms with E-state index in [1.807, 2.05) is 0 Å². The van der Waals surface area contributed by atoms with Gasteiger partial charge in [-0.3, -0.25) is 0 Å². The zero-order valence-corrected chi connectivity index (χ0v) is 25.6. The molecule has 0 aromatic heterocycles. The van der Waals surface area contributed by atoms with Crippen LogP contribution in [0.15, 0.2) is 127 Å². The lowest BCUT2D eigenvalue weighted by Crippen LogP contribution is -2.23. The van der Waals surface area contributed by atoms with E-state index < -0.39 is 0 Å². The van der Waals surface area contributed by atoms with E-state index in [1.165, 1.54) is 82.4 Å². The Balaban J connectivity index is 1.47. The summed E-state index contributed by atoms with van der Waals surface area (Å²) in [7, 11) is 0. The number of benzene rings is 7. The fourth-order valence-electron chi connectivity index (χ4n) is 7.64. The van der Waals surface area contributed by atoms with Gasteiger partial charge in [-0.2, -0.15) is 0 Å². The van der Waals surface area contributed by atoms with Crippen LogP contribution in [-0.4, -0.2) is 0 Å². The van der Waals surface area contributed by atoms with E-state index in [9.17, 15) is 0 Å². The zero-order chi connectivity index (χ0) is 29.5. The molecular weight excluding hydrogens is 516 g/mol. The Bertz CT molecular complexity index is 2160. The van der Waals surface area contributed by atoms with Crippen molar-refractivity contribution in [3.63, 3.8) is 0 Å². The molecule has 7 aromatic rings. The fourth-order valence-corrected chi connectivity index (χ4v) is 7.64. The Morgan fingerprint density at radius 2 is 0.930 bits per heavy atom. The SMILES string of the molecule is CC(C)(C)c1ccc(-c2c3ccccc3c(-c3ccc4c5c(cccc35)C(C)(C)c3ccccc3-4)c3ccccc23)cc1. The first-order valence-corrected chi connectivity index (χ1v) is 15.5. The van der Waals surface area contributed by atoms with Crippen LogP contribution >= 0.6 is 0 Å². The molecule has 7 aromatic carbocycles. The molecule has 208 valence electrons. The van der Waals surface area contributed by atoms with Crippen LogP contribution in [0.25, 0.3) is 65.7 Å². The van der Waals surface area contributed by atoms with E-state index >= 15 is 0 Å². The summed E-state index contributed by atoms with van der Waals surface area (Å²) in [5.41, 5.74) is 12.1. The molecule has 0 bridgehead atoms. The third-order valence-corrected chi connectivity index (χ3v) is 9.84. The van der Waals surface area contributed by atoms with Gasteiger partial charge in [0.15, 0.2) is 0 Å². The molecule has 43 heavy (non-hydrogen) atoms. The molecule has 0 nitrogen and oxygen atoms in total. The maximum atomic E-state index is 2.38. The minimum atomic E-state index is -0.0745. The summed E-state index contributed by atoms with van der Waals surface area (Å²) >= 11 is 0. The van der Waals surface area contributed by atoms with Crippen LogP contribution in [0, 0.1) is 0 Å². The van der Waals surface area contributed by atoms with Crippen LogP contribution in [0.2, 0.25) is 0 Å². The summed E-state index contributed by atoms with van der Waals surface area (Å²) in [5, 5.41) is 7.91. The van der Waals surface area contributed by atoms with Crippen LogP contribution in [0.4, 0.5) is 0 Å². The molecule has 1 aliphatic carbocycles. The molecule has 0 spiro atoms. The van der Waals surface area contributed by atoms with Gasteiger partial charge in [0, 0.05) is 5.41 Å². The summed E-state index contributed by atoms with van der Waals surface area (Å²) in [6.45, 7) is 11.6. The van der Waals surface area contributed by atoms with E-state index in [0.29, 0.717) is 0 Å². The highest BCUT2D eigenvalue weighted by molar-refractivity contribution is 6.24. The third-order valence-electron chi connectivity index (χ3n) is 9.84. The molecular formula is C43H36. The molecule has 0 radical (unpaired) electrons. The third kappa shape index (κ3) is 3.76. The average Bonchev–Trinajstić information content (AvgIpc) is 3.02. The maximum Gasteiger partial charge on any atom is 0.0159 e. The molecule has 0 amide bonds. The van der Waals surface area contributed by atoms with Crippen molar-refractivity contribution in [2.45, 2.75) is 45.4 Å². The quantitative estimate of drug-likeness (QED) is 0.187. The first-order chi connectivity index (χ1) is 20.7. The van der Waals surface area contributed by atoms with E-state index in [-0.39, 0.29) is 10.8 Å². The maximum absolute atomic E-state index is 2.38. The van der Waals surface area contributed by atoms with Crippen molar-refractivity contribution >= 4 is 32.3 Å². The molecule has 0 atom stereocenters. The summed E-state index contributed by atoms with van der Waals surface area (Å²) in [5.74, 6) is 0. The van der Waals surface area contributed by atoms with Crippen LogP contribution in [0.5, 0.6) is 0 Å². The van der Waals surface area contributed by atoms with Crippen LogP contribution in [0.3, 0.4) is 0 Å². The van der Waals surface area contributed by atoms with Gasteiger partial charge in [-0.15, -0.1) is 0 Å². The second-order valence-corrected chi connectivity index (χ2v) is 13.7. The lowest BCUT2D eigenvalue weighted by atomic mass is 9.68. The number of fused-ring (bicyclic) bond motifs is 4. The molecule has 1 aliphatic rings. The summed E-state index contributed by atoms with van der Waals surface area (Å²) in [6.07, 6.45) is 0. The Hall–Kier alpha value is -4.68. The second-order valence-electron chi connectivity index (χ2n) is 13.7. The highest BCUT2D eigenvalue weighted by atomic mass is 14.4. The van der Waals surface area contributed by atoms with Gasteiger partial charge in [0.2, 0.25) is 0 Å². The standard InChI is InChI=1S/C43H36/c1-42(2,3)28-23-21-27(22-24-28)39-30-14-6-8-16-32(30)40(33-17-9-7-15-31(33)39)36-26-25-35-29-13-10-11-19-37(29)43(4,5)38-20-12-18-34(36)41(35)38/h6-26H,1-5H3. The Morgan fingerprint density at radius 3 is 1.56 bits per heavy atom. The van der Waals surface area contributed by atoms with Gasteiger partial charge in [0.1, 0.15) is 0 Å². The first-order valence-electron chi connectivity index (χ1n) is 15.5. The van der Waals surface area contributed by atoms with Crippen molar-refractivity contribution in [1.82, 2.24) is 0 Å². The van der Waals surface area contributed by atoms with Gasteiger partial charge in [-0.1, -0.05) is 162 Å². The number of hydrogen-bond donors (Lipinski definition) is 0. The van der Waals surface area contributed by atoms with Crippen molar-refractivity contribution in [3.8, 4) is 33.4 Å². The molecule has 0 heterocycles. The largest absolute Gasteiger partial charge is 0.0619 e. The average molecular weight is 553 g/mol. The van der Waals surface area contributed by atoms with E-state index in [4.69, 9.17) is 0 Å². The lowest BCUT2D eigenvalue weighted by Gasteiger charge is -2.35. The Kier molecular flexibility index (Phi) is 5.53. The van der Waals surface area contributed by atoms with Crippen molar-refractivity contribution in [2.24, 2.45) is 0 Å². The van der Waals surface area contributed by atoms with Gasteiger partial charge < -0.3 is 0 Å². The predicted molar refractivity (Wildman–Crippen MR) is 186 cm³/mol. The van der Waals surface area contributed by atoms with Gasteiger partial charge in [0.25, 0.3) is 0 Å². The minimum absolute atomic E-state index is 0.0745. The van der Waals surface area contributed by atoms with Crippen molar-refractivity contribution < 1.29 is 0 Å². The summed E-state index contributed by atoms with van der Waals surface area (Å²) < 4.78 is 0. The molecule has 0 aliphatic heterocycles. The lowest BCUT2D eigenvalue weighted by molar-refractivity contribution is 0.590. The topological polar surface area (TPSA) is 0 Å². The van der Waals surface area contributed by atoms with Gasteiger partial charge in [0.05, 0.1) is 0 Å². The van der Waals surface area contributed by atoms with Gasteiger partial charge in [-0.25, -0.2) is 0 Å². The van der Waals surface area contributed by atoms with E-state index in [0.717, 1.165) is 0 Å². The molecule has 0 fully saturated rings. The van der Waals surface area contributed by atoms with Crippen molar-refractivity contribution in [1.29, 1.82) is 0 Å². The number of rotatable bonds is 2. The highest BCUT2D eigenvalue weighted by Crippen LogP contribution is 2.52. The first kappa shape index (κ1) is 26.0. The van der Waals surface area contributed by atoms with E-state index in [1.54, 1.807) is 0 Å². The Morgan fingerprint density at radius 1 is 0.419 bits per heavy atom. The minimum Gasteiger partial charge on any atom is -0.0619 e.